The molecule has 108 valence electrons. The molecule has 0 aliphatic carbocycles. The average Bonchev–Trinajstić information content (AvgIpc) is 2.36. The van der Waals surface area contributed by atoms with Crippen LogP contribution in [0.1, 0.15) is 38.7 Å². The largest absolute Gasteiger partial charge is 0.393 e. The molecule has 0 amide bonds. The first-order chi connectivity index (χ1) is 8.83. The van der Waals surface area contributed by atoms with E-state index < -0.39 is 15.7 Å². The Balaban J connectivity index is 2.91. The van der Waals surface area contributed by atoms with Crippen LogP contribution in [0.25, 0.3) is 0 Å². The van der Waals surface area contributed by atoms with E-state index in [0.29, 0.717) is 6.42 Å². The van der Waals surface area contributed by atoms with Crippen LogP contribution in [-0.4, -0.2) is 25.7 Å². The van der Waals surface area contributed by atoms with Gasteiger partial charge in [0, 0.05) is 0 Å². The van der Waals surface area contributed by atoms with Crippen molar-refractivity contribution >= 4 is 10.1 Å². The minimum Gasteiger partial charge on any atom is -0.393 e. The molecule has 4 nitrogen and oxygen atoms in total. The number of aliphatic hydroxyl groups excluding tert-OH is 1. The van der Waals surface area contributed by atoms with Crippen molar-refractivity contribution in [3.05, 3.63) is 29.8 Å². The van der Waals surface area contributed by atoms with Gasteiger partial charge in [0.15, 0.2) is 0 Å². The first-order valence-corrected chi connectivity index (χ1v) is 7.87. The van der Waals surface area contributed by atoms with Crippen LogP contribution >= 0.6 is 0 Å². The molecule has 1 rings (SSSR count). The van der Waals surface area contributed by atoms with E-state index in [1.807, 2.05) is 13.8 Å². The molecule has 5 heteroatoms. The zero-order valence-electron chi connectivity index (χ0n) is 11.7. The quantitative estimate of drug-likeness (QED) is 0.783. The van der Waals surface area contributed by atoms with Crippen molar-refractivity contribution in [1.29, 1.82) is 0 Å². The topological polar surface area (TPSA) is 63.6 Å². The molecule has 1 aromatic carbocycles. The number of aryl methyl sites for hydroxylation is 1. The highest BCUT2D eigenvalue weighted by molar-refractivity contribution is 7.86. The molecular formula is C14H22O4S. The van der Waals surface area contributed by atoms with E-state index in [1.165, 1.54) is 12.1 Å². The third kappa shape index (κ3) is 4.60. The second-order valence-corrected chi connectivity index (χ2v) is 6.61. The lowest BCUT2D eigenvalue weighted by Crippen LogP contribution is -2.35. The second kappa shape index (κ2) is 6.50. The molecule has 19 heavy (non-hydrogen) atoms. The summed E-state index contributed by atoms with van der Waals surface area (Å²) in [7, 11) is -3.84. The number of hydrogen-bond donors (Lipinski definition) is 1. The lowest BCUT2D eigenvalue weighted by atomic mass is 10.0. The SMILES string of the molecule is CCCC[C@](C)(CO)OS(=O)(=O)c1ccc(C)cc1. The van der Waals surface area contributed by atoms with Crippen LogP contribution in [-0.2, 0) is 14.3 Å². The summed E-state index contributed by atoms with van der Waals surface area (Å²) in [4.78, 5) is 0.120. The van der Waals surface area contributed by atoms with Crippen molar-refractivity contribution in [2.75, 3.05) is 6.61 Å². The van der Waals surface area contributed by atoms with E-state index in [9.17, 15) is 13.5 Å². The van der Waals surface area contributed by atoms with Gasteiger partial charge in [-0.1, -0.05) is 37.5 Å². The van der Waals surface area contributed by atoms with Crippen molar-refractivity contribution in [2.45, 2.75) is 50.5 Å². The number of aliphatic hydroxyl groups is 1. The Morgan fingerprint density at radius 3 is 2.32 bits per heavy atom. The van der Waals surface area contributed by atoms with Crippen molar-refractivity contribution in [3.63, 3.8) is 0 Å². The second-order valence-electron chi connectivity index (χ2n) is 5.06. The summed E-state index contributed by atoms with van der Waals surface area (Å²) in [5, 5.41) is 9.38. The maximum absolute atomic E-state index is 12.1. The van der Waals surface area contributed by atoms with Crippen LogP contribution in [0, 0.1) is 6.92 Å². The molecule has 0 radical (unpaired) electrons. The number of hydrogen-bond acceptors (Lipinski definition) is 4. The molecule has 1 atom stereocenters. The standard InChI is InChI=1S/C14H22O4S/c1-4-5-10-14(3,11-15)18-19(16,17)13-8-6-12(2)7-9-13/h6-9,15H,4-5,10-11H2,1-3H3/t14-/m1/s1. The van der Waals surface area contributed by atoms with Gasteiger partial charge in [0.05, 0.1) is 11.5 Å². The van der Waals surface area contributed by atoms with Gasteiger partial charge in [0.1, 0.15) is 5.60 Å². The third-order valence-electron chi connectivity index (χ3n) is 3.01. The first-order valence-electron chi connectivity index (χ1n) is 6.46. The Morgan fingerprint density at radius 2 is 1.84 bits per heavy atom. The molecule has 1 aromatic rings. The van der Waals surface area contributed by atoms with Crippen LogP contribution in [0.5, 0.6) is 0 Å². The summed E-state index contributed by atoms with van der Waals surface area (Å²) in [5.41, 5.74) is -0.0745. The van der Waals surface area contributed by atoms with Crippen molar-refractivity contribution in [3.8, 4) is 0 Å². The van der Waals surface area contributed by atoms with Crippen LogP contribution in [0.4, 0.5) is 0 Å². The van der Waals surface area contributed by atoms with Gasteiger partial charge in [-0.15, -0.1) is 0 Å². The number of rotatable bonds is 7. The summed E-state index contributed by atoms with van der Waals surface area (Å²) < 4.78 is 29.5. The Morgan fingerprint density at radius 1 is 1.26 bits per heavy atom. The fraction of sp³-hybridized carbons (Fsp3) is 0.571. The molecule has 0 saturated carbocycles. The smallest absolute Gasteiger partial charge is 0.297 e. The van der Waals surface area contributed by atoms with Crippen LogP contribution in [0.2, 0.25) is 0 Å². The number of benzene rings is 1. The molecule has 0 aliphatic heterocycles. The fourth-order valence-corrected chi connectivity index (χ4v) is 2.95. The van der Waals surface area contributed by atoms with Crippen molar-refractivity contribution in [1.82, 2.24) is 0 Å². The predicted octanol–water partition coefficient (Wildman–Crippen LogP) is 2.64. The van der Waals surface area contributed by atoms with Crippen LogP contribution < -0.4 is 0 Å². The third-order valence-corrected chi connectivity index (χ3v) is 4.49. The Kier molecular flexibility index (Phi) is 5.52. The molecule has 0 aromatic heterocycles. The fourth-order valence-electron chi connectivity index (χ4n) is 1.72. The molecule has 0 bridgehead atoms. The average molecular weight is 286 g/mol. The molecule has 0 fully saturated rings. The van der Waals surface area contributed by atoms with E-state index in [4.69, 9.17) is 4.18 Å². The summed E-state index contributed by atoms with van der Waals surface area (Å²) in [6.07, 6.45) is 2.23. The molecule has 0 saturated heterocycles. The highest BCUT2D eigenvalue weighted by atomic mass is 32.2. The maximum atomic E-state index is 12.1. The van der Waals surface area contributed by atoms with E-state index >= 15 is 0 Å². The predicted molar refractivity (Wildman–Crippen MR) is 74.5 cm³/mol. The summed E-state index contributed by atoms with van der Waals surface area (Å²) >= 11 is 0. The lowest BCUT2D eigenvalue weighted by molar-refractivity contribution is 0.0219. The minimum absolute atomic E-state index is 0.120. The molecule has 0 unspecified atom stereocenters. The van der Waals surface area contributed by atoms with Crippen LogP contribution in [0.15, 0.2) is 29.2 Å². The normalized spacial score (nSPS) is 15.2. The maximum Gasteiger partial charge on any atom is 0.297 e. The Bertz CT molecular complexity index is 493. The van der Waals surface area contributed by atoms with E-state index in [2.05, 4.69) is 0 Å². The highest BCUT2D eigenvalue weighted by Gasteiger charge is 2.31. The lowest BCUT2D eigenvalue weighted by Gasteiger charge is -2.26. The van der Waals surface area contributed by atoms with Gasteiger partial charge in [-0.2, -0.15) is 8.42 Å². The minimum atomic E-state index is -3.84. The molecule has 1 N–H and O–H groups in total. The zero-order chi connectivity index (χ0) is 14.5. The monoisotopic (exact) mass is 286 g/mol. The summed E-state index contributed by atoms with van der Waals surface area (Å²) in [6.45, 7) is 5.19. The van der Waals surface area contributed by atoms with Gasteiger partial charge < -0.3 is 5.11 Å². The molecule has 0 spiro atoms. The van der Waals surface area contributed by atoms with E-state index in [1.54, 1.807) is 19.1 Å². The van der Waals surface area contributed by atoms with E-state index in [-0.39, 0.29) is 11.5 Å². The zero-order valence-corrected chi connectivity index (χ0v) is 12.5. The highest BCUT2D eigenvalue weighted by Crippen LogP contribution is 2.25. The summed E-state index contributed by atoms with van der Waals surface area (Å²) in [5.74, 6) is 0. The summed E-state index contributed by atoms with van der Waals surface area (Å²) in [6, 6.07) is 6.47. The van der Waals surface area contributed by atoms with Gasteiger partial charge in [0.2, 0.25) is 0 Å². The van der Waals surface area contributed by atoms with Crippen molar-refractivity contribution in [2.24, 2.45) is 0 Å². The Labute approximate surface area is 115 Å². The molecule has 0 aliphatic rings. The molecular weight excluding hydrogens is 264 g/mol. The van der Waals surface area contributed by atoms with E-state index in [0.717, 1.165) is 18.4 Å². The van der Waals surface area contributed by atoms with Gasteiger partial charge in [-0.3, -0.25) is 4.18 Å². The van der Waals surface area contributed by atoms with Gasteiger partial charge in [-0.05, 0) is 32.4 Å². The number of unbranched alkanes of at least 4 members (excludes halogenated alkanes) is 1. The van der Waals surface area contributed by atoms with Crippen molar-refractivity contribution < 1.29 is 17.7 Å². The van der Waals surface area contributed by atoms with Gasteiger partial charge in [0.25, 0.3) is 10.1 Å². The van der Waals surface area contributed by atoms with Gasteiger partial charge >= 0.3 is 0 Å². The Hall–Kier alpha value is -0.910. The van der Waals surface area contributed by atoms with Gasteiger partial charge in [-0.25, -0.2) is 0 Å². The first kappa shape index (κ1) is 16.1. The molecule has 0 heterocycles. The van der Waals surface area contributed by atoms with Crippen LogP contribution in [0.3, 0.4) is 0 Å².